The zero-order valence-electron chi connectivity index (χ0n) is 8.29. The van der Waals surface area contributed by atoms with Crippen molar-refractivity contribution in [3.8, 4) is 6.07 Å². The third-order valence-corrected chi connectivity index (χ3v) is 1.85. The second kappa shape index (κ2) is 4.84. The van der Waals surface area contributed by atoms with Gasteiger partial charge in [-0.25, -0.2) is 9.97 Å². The van der Waals surface area contributed by atoms with E-state index in [1.165, 1.54) is 18.8 Å². The third-order valence-electron chi connectivity index (χ3n) is 1.85. The summed E-state index contributed by atoms with van der Waals surface area (Å²) >= 11 is 0. The molecule has 7 nitrogen and oxygen atoms in total. The van der Waals surface area contributed by atoms with Crippen LogP contribution in [0.2, 0.25) is 0 Å². The molecular weight excluding hydrogens is 208 g/mol. The van der Waals surface area contributed by atoms with Gasteiger partial charge >= 0.3 is 0 Å². The molecule has 0 saturated heterocycles. The lowest BCUT2D eigenvalue weighted by Crippen LogP contribution is -2.09. The lowest BCUT2D eigenvalue weighted by atomic mass is 10.4. The van der Waals surface area contributed by atoms with E-state index < -0.39 is 0 Å². The van der Waals surface area contributed by atoms with Crippen LogP contribution in [-0.4, -0.2) is 26.7 Å². The predicted octanol–water partition coefficient (Wildman–Crippen LogP) is 0.386. The molecule has 16 heavy (non-hydrogen) atoms. The largest absolute Gasteiger partial charge is 0.367 e. The van der Waals surface area contributed by atoms with Crippen molar-refractivity contribution < 1.29 is 4.52 Å². The molecule has 0 unspecified atom stereocenters. The Kier molecular flexibility index (Phi) is 3.04. The smallest absolute Gasteiger partial charge is 0.213 e. The molecule has 0 aliphatic rings. The monoisotopic (exact) mass is 216 g/mol. The molecule has 0 radical (unpaired) electrons. The van der Waals surface area contributed by atoms with Gasteiger partial charge in [0.1, 0.15) is 6.07 Å². The Morgan fingerprint density at radius 3 is 2.94 bits per heavy atom. The summed E-state index contributed by atoms with van der Waals surface area (Å²) in [7, 11) is 0. The van der Waals surface area contributed by atoms with Crippen molar-refractivity contribution in [1.82, 2.24) is 20.1 Å². The highest BCUT2D eigenvalue weighted by Crippen LogP contribution is 2.05. The molecule has 2 rings (SSSR count). The summed E-state index contributed by atoms with van der Waals surface area (Å²) < 4.78 is 4.59. The lowest BCUT2D eigenvalue weighted by molar-refractivity contribution is 0.410. The fourth-order valence-corrected chi connectivity index (χ4v) is 1.14. The number of aromatic nitrogens is 4. The van der Waals surface area contributed by atoms with Crippen LogP contribution in [-0.2, 0) is 6.42 Å². The highest BCUT2D eigenvalue weighted by Gasteiger charge is 2.03. The summed E-state index contributed by atoms with van der Waals surface area (Å²) in [4.78, 5) is 11.8. The highest BCUT2D eigenvalue weighted by atomic mass is 16.5. The molecule has 0 aromatic carbocycles. The van der Waals surface area contributed by atoms with E-state index in [9.17, 15) is 0 Å². The van der Waals surface area contributed by atoms with Gasteiger partial charge in [0, 0.05) is 25.4 Å². The molecule has 0 fully saturated rings. The average molecular weight is 216 g/mol. The minimum atomic E-state index is 0.274. The summed E-state index contributed by atoms with van der Waals surface area (Å²) in [5.41, 5.74) is 0.274. The number of nitriles is 1. The summed E-state index contributed by atoms with van der Waals surface area (Å²) in [5, 5.41) is 15.4. The Hall–Kier alpha value is -2.49. The van der Waals surface area contributed by atoms with E-state index in [4.69, 9.17) is 5.26 Å². The van der Waals surface area contributed by atoms with Gasteiger partial charge in [0.2, 0.25) is 6.39 Å². The Balaban J connectivity index is 1.93. The molecule has 2 aromatic heterocycles. The van der Waals surface area contributed by atoms with Gasteiger partial charge in [-0.2, -0.15) is 10.2 Å². The van der Waals surface area contributed by atoms with Gasteiger partial charge in [-0.05, 0) is 0 Å². The highest BCUT2D eigenvalue weighted by molar-refractivity contribution is 5.46. The van der Waals surface area contributed by atoms with Gasteiger partial charge in [0.25, 0.3) is 0 Å². The maximum absolute atomic E-state index is 8.77. The maximum atomic E-state index is 8.77. The van der Waals surface area contributed by atoms with E-state index >= 15 is 0 Å². The number of hydrogen-bond acceptors (Lipinski definition) is 7. The summed E-state index contributed by atoms with van der Waals surface area (Å²) in [5.74, 6) is 1.07. The summed E-state index contributed by atoms with van der Waals surface area (Å²) in [6.45, 7) is 0.562. The summed E-state index contributed by atoms with van der Waals surface area (Å²) in [6.07, 6.45) is 4.87. The van der Waals surface area contributed by atoms with Gasteiger partial charge in [-0.3, -0.25) is 0 Å². The van der Waals surface area contributed by atoms with E-state index in [2.05, 4.69) is 29.9 Å². The molecule has 7 heteroatoms. The van der Waals surface area contributed by atoms with Crippen molar-refractivity contribution in [3.05, 3.63) is 30.3 Å². The fraction of sp³-hybridized carbons (Fsp3) is 0.222. The van der Waals surface area contributed by atoms with Gasteiger partial charge in [-0.15, -0.1) is 0 Å². The summed E-state index contributed by atoms with van der Waals surface area (Å²) in [6, 6.07) is 1.95. The SMILES string of the molecule is N#Cc1nccnc1NCCc1ncon1. The molecule has 0 amide bonds. The van der Waals surface area contributed by atoms with E-state index in [-0.39, 0.29) is 5.69 Å². The van der Waals surface area contributed by atoms with Gasteiger partial charge in [0.05, 0.1) is 0 Å². The van der Waals surface area contributed by atoms with Crippen LogP contribution >= 0.6 is 0 Å². The number of anilines is 1. The number of nitrogens with one attached hydrogen (secondary N) is 1. The molecule has 0 bridgehead atoms. The number of nitrogens with zero attached hydrogens (tertiary/aromatic N) is 5. The molecule has 0 aliphatic carbocycles. The Labute approximate surface area is 91.2 Å². The number of hydrogen-bond donors (Lipinski definition) is 1. The van der Waals surface area contributed by atoms with E-state index in [1.807, 2.05) is 6.07 Å². The van der Waals surface area contributed by atoms with Crippen LogP contribution in [0, 0.1) is 11.3 Å². The molecule has 2 aromatic rings. The second-order valence-corrected chi connectivity index (χ2v) is 2.89. The molecule has 0 atom stereocenters. The Morgan fingerprint density at radius 1 is 1.31 bits per heavy atom. The molecular formula is C9H8N6O. The van der Waals surface area contributed by atoms with Crippen LogP contribution < -0.4 is 5.32 Å². The normalized spacial score (nSPS) is 9.69. The van der Waals surface area contributed by atoms with Crippen LogP contribution in [0.4, 0.5) is 5.82 Å². The minimum absolute atomic E-state index is 0.274. The van der Waals surface area contributed by atoms with Crippen LogP contribution in [0.15, 0.2) is 23.3 Å². The topological polar surface area (TPSA) is 101 Å². The zero-order chi connectivity index (χ0) is 11.2. The third kappa shape index (κ3) is 2.30. The van der Waals surface area contributed by atoms with E-state index in [0.717, 1.165) is 0 Å². The van der Waals surface area contributed by atoms with Gasteiger partial charge < -0.3 is 9.84 Å². The van der Waals surface area contributed by atoms with Crippen molar-refractivity contribution in [2.45, 2.75) is 6.42 Å². The molecule has 0 spiro atoms. The van der Waals surface area contributed by atoms with Gasteiger partial charge in [-0.1, -0.05) is 5.16 Å². The number of rotatable bonds is 4. The van der Waals surface area contributed by atoms with Gasteiger partial charge in [0.15, 0.2) is 17.3 Å². The van der Waals surface area contributed by atoms with Crippen LogP contribution in [0.3, 0.4) is 0 Å². The van der Waals surface area contributed by atoms with Crippen molar-refractivity contribution in [3.63, 3.8) is 0 Å². The van der Waals surface area contributed by atoms with Crippen molar-refractivity contribution in [1.29, 1.82) is 5.26 Å². The Morgan fingerprint density at radius 2 is 2.19 bits per heavy atom. The maximum Gasteiger partial charge on any atom is 0.213 e. The minimum Gasteiger partial charge on any atom is -0.367 e. The Bertz CT molecular complexity index is 489. The first-order chi connectivity index (χ1) is 7.90. The lowest BCUT2D eigenvalue weighted by Gasteiger charge is -2.03. The first-order valence-corrected chi connectivity index (χ1v) is 4.60. The molecule has 0 saturated carbocycles. The van der Waals surface area contributed by atoms with Crippen molar-refractivity contribution >= 4 is 5.82 Å². The fourth-order valence-electron chi connectivity index (χ4n) is 1.14. The standard InChI is InChI=1S/C9H8N6O/c10-5-7-9(13-4-3-11-7)12-2-1-8-14-6-16-15-8/h3-4,6H,1-2H2,(H,12,13). The quantitative estimate of drug-likeness (QED) is 0.788. The predicted molar refractivity (Wildman–Crippen MR) is 53.2 cm³/mol. The van der Waals surface area contributed by atoms with Crippen LogP contribution in [0.25, 0.3) is 0 Å². The van der Waals surface area contributed by atoms with Crippen molar-refractivity contribution in [2.24, 2.45) is 0 Å². The first-order valence-electron chi connectivity index (χ1n) is 4.60. The second-order valence-electron chi connectivity index (χ2n) is 2.89. The average Bonchev–Trinajstić information content (AvgIpc) is 2.83. The first kappa shape index (κ1) is 10.0. The van der Waals surface area contributed by atoms with E-state index in [1.54, 1.807) is 0 Å². The molecule has 1 N–H and O–H groups in total. The molecule has 2 heterocycles. The van der Waals surface area contributed by atoms with Crippen LogP contribution in [0.5, 0.6) is 0 Å². The van der Waals surface area contributed by atoms with Crippen molar-refractivity contribution in [2.75, 3.05) is 11.9 Å². The zero-order valence-corrected chi connectivity index (χ0v) is 8.29. The van der Waals surface area contributed by atoms with E-state index in [0.29, 0.717) is 24.6 Å². The molecule has 0 aliphatic heterocycles. The van der Waals surface area contributed by atoms with Crippen LogP contribution in [0.1, 0.15) is 11.5 Å². The molecule has 80 valence electrons.